The maximum atomic E-state index is 12.1. The van der Waals surface area contributed by atoms with Crippen molar-refractivity contribution in [2.75, 3.05) is 21.3 Å². The number of carbonyl (C=O) groups excluding carboxylic acids is 1. The highest BCUT2D eigenvalue weighted by molar-refractivity contribution is 7.11. The van der Waals surface area contributed by atoms with Gasteiger partial charge in [0.1, 0.15) is 18.0 Å². The highest BCUT2D eigenvalue weighted by atomic mass is 35.5. The number of aryl methyl sites for hydroxylation is 1. The molecule has 0 radical (unpaired) electrons. The fourth-order valence-electron chi connectivity index (χ4n) is 5.35. The molecule has 11 heteroatoms. The maximum Gasteiger partial charge on any atom is 0.313 e. The largest absolute Gasteiger partial charge is 0.493 e. The van der Waals surface area contributed by atoms with Crippen LogP contribution in [0.15, 0.2) is 42.6 Å². The van der Waals surface area contributed by atoms with E-state index in [1.54, 1.807) is 20.4 Å². The molecule has 0 bridgehead atoms. The molecule has 1 saturated carbocycles. The Morgan fingerprint density at radius 3 is 2.66 bits per heavy atom. The molecule has 2 aromatic carbocycles. The lowest BCUT2D eigenvalue weighted by Gasteiger charge is -2.25. The lowest BCUT2D eigenvalue weighted by molar-refractivity contribution is -0.141. The van der Waals surface area contributed by atoms with Crippen LogP contribution < -0.4 is 9.47 Å². The molecular formula is C30H31ClN4O5S. The second-order valence-corrected chi connectivity index (χ2v) is 11.8. The van der Waals surface area contributed by atoms with Crippen LogP contribution in [-0.2, 0) is 20.7 Å². The van der Waals surface area contributed by atoms with E-state index in [2.05, 4.69) is 19.7 Å². The average Bonchev–Trinajstić information content (AvgIpc) is 3.60. The first-order valence-electron chi connectivity index (χ1n) is 13.6. The summed E-state index contributed by atoms with van der Waals surface area (Å²) in [4.78, 5) is 17.5. The number of fused-ring (bicyclic) bond motifs is 3. The van der Waals surface area contributed by atoms with E-state index in [0.29, 0.717) is 35.3 Å². The second-order valence-electron chi connectivity index (χ2n) is 10.3. The van der Waals surface area contributed by atoms with Crippen LogP contribution in [0.25, 0.3) is 5.69 Å². The van der Waals surface area contributed by atoms with Gasteiger partial charge in [0.15, 0.2) is 17.3 Å². The molecule has 3 heterocycles. The van der Waals surface area contributed by atoms with Gasteiger partial charge in [0.25, 0.3) is 0 Å². The summed E-state index contributed by atoms with van der Waals surface area (Å²) in [5.74, 6) is 2.63. The van der Waals surface area contributed by atoms with Gasteiger partial charge in [-0.05, 0) is 50.5 Å². The van der Waals surface area contributed by atoms with Gasteiger partial charge in [-0.3, -0.25) is 9.36 Å². The molecule has 9 nitrogen and oxygen atoms in total. The standard InChI is InChI=1S/C30H31ClN4O5S/c1-16(30(36)39-4)24-15-32-25(41-24)13-12-23-29-34-33-28(17-8-9-17)35(29)21-11-10-18(31)14-20(21)26(40-23)19-6-5-7-22(37-2)27(19)38-3/h5-7,10-11,14-17,23,26H,8-9,12-13H2,1-4H3/t16?,23-,26-/m1/s1. The van der Waals surface area contributed by atoms with Gasteiger partial charge in [0.2, 0.25) is 0 Å². The maximum absolute atomic E-state index is 12.1. The predicted octanol–water partition coefficient (Wildman–Crippen LogP) is 6.34. The Morgan fingerprint density at radius 1 is 1.12 bits per heavy atom. The van der Waals surface area contributed by atoms with E-state index in [4.69, 9.17) is 30.5 Å². The Labute approximate surface area is 247 Å². The number of methoxy groups -OCH3 is 3. The van der Waals surface area contributed by atoms with Crippen molar-refractivity contribution in [1.29, 1.82) is 0 Å². The van der Waals surface area contributed by atoms with Crippen molar-refractivity contribution in [3.8, 4) is 17.2 Å². The van der Waals surface area contributed by atoms with E-state index in [-0.39, 0.29) is 11.9 Å². The highest BCUT2D eigenvalue weighted by Crippen LogP contribution is 2.48. The van der Waals surface area contributed by atoms with E-state index in [9.17, 15) is 4.79 Å². The van der Waals surface area contributed by atoms with Crippen molar-refractivity contribution in [2.24, 2.45) is 0 Å². The highest BCUT2D eigenvalue weighted by Gasteiger charge is 2.39. The molecule has 2 aromatic heterocycles. The van der Waals surface area contributed by atoms with E-state index < -0.39 is 12.2 Å². The van der Waals surface area contributed by atoms with E-state index in [1.165, 1.54) is 18.4 Å². The van der Waals surface area contributed by atoms with E-state index in [1.807, 2.05) is 43.3 Å². The smallest absolute Gasteiger partial charge is 0.313 e. The SMILES string of the molecule is COC(=O)C(C)c1cnc(CC[C@H]2O[C@H](c3cccc(OC)c3OC)c3cc(Cl)ccc3-n3c(C4CC4)nnc32)s1. The minimum Gasteiger partial charge on any atom is -0.493 e. The number of aromatic nitrogens is 4. The van der Waals surface area contributed by atoms with Gasteiger partial charge in [0, 0.05) is 39.6 Å². The molecular weight excluding hydrogens is 564 g/mol. The third-order valence-electron chi connectivity index (χ3n) is 7.65. The molecule has 1 aliphatic heterocycles. The van der Waals surface area contributed by atoms with Gasteiger partial charge in [-0.2, -0.15) is 0 Å². The molecule has 0 amide bonds. The number of para-hydroxylation sites is 1. The average molecular weight is 595 g/mol. The molecule has 1 unspecified atom stereocenters. The Morgan fingerprint density at radius 2 is 1.93 bits per heavy atom. The third kappa shape index (κ3) is 5.20. The fraction of sp³-hybridized carbons (Fsp3) is 0.400. The lowest BCUT2D eigenvalue weighted by atomic mass is 9.98. The van der Waals surface area contributed by atoms with Gasteiger partial charge in [-0.25, -0.2) is 4.98 Å². The zero-order chi connectivity index (χ0) is 28.7. The molecule has 1 aliphatic carbocycles. The van der Waals surface area contributed by atoms with Crippen molar-refractivity contribution in [1.82, 2.24) is 19.7 Å². The van der Waals surface area contributed by atoms with Crippen molar-refractivity contribution < 1.29 is 23.7 Å². The van der Waals surface area contributed by atoms with E-state index >= 15 is 0 Å². The molecule has 6 rings (SSSR count). The summed E-state index contributed by atoms with van der Waals surface area (Å²) in [6.45, 7) is 1.83. The quantitative estimate of drug-likeness (QED) is 0.207. The Bertz CT molecular complexity index is 1580. The number of esters is 1. The second kappa shape index (κ2) is 11.4. The number of hydrogen-bond donors (Lipinski definition) is 0. The molecule has 1 fully saturated rings. The Hall–Kier alpha value is -3.47. The summed E-state index contributed by atoms with van der Waals surface area (Å²) >= 11 is 8.09. The van der Waals surface area contributed by atoms with Crippen LogP contribution in [0.2, 0.25) is 5.02 Å². The number of nitrogens with zero attached hydrogens (tertiary/aromatic N) is 4. The number of carbonyl (C=O) groups is 1. The monoisotopic (exact) mass is 594 g/mol. The van der Waals surface area contributed by atoms with Crippen molar-refractivity contribution in [2.45, 2.75) is 56.7 Å². The van der Waals surface area contributed by atoms with Crippen LogP contribution in [-0.4, -0.2) is 47.0 Å². The molecule has 214 valence electrons. The van der Waals surface area contributed by atoms with Crippen molar-refractivity contribution in [3.05, 3.63) is 80.3 Å². The van der Waals surface area contributed by atoms with Gasteiger partial charge in [-0.15, -0.1) is 21.5 Å². The number of rotatable bonds is 9. The van der Waals surface area contributed by atoms with Gasteiger partial charge < -0.3 is 18.9 Å². The van der Waals surface area contributed by atoms with Crippen LogP contribution in [0.5, 0.6) is 11.5 Å². The predicted molar refractivity (Wildman–Crippen MR) is 154 cm³/mol. The molecule has 0 saturated heterocycles. The van der Waals surface area contributed by atoms with Crippen molar-refractivity contribution in [3.63, 3.8) is 0 Å². The van der Waals surface area contributed by atoms with Gasteiger partial charge >= 0.3 is 5.97 Å². The summed E-state index contributed by atoms with van der Waals surface area (Å²) in [7, 11) is 4.65. The Kier molecular flexibility index (Phi) is 7.72. The molecule has 4 aromatic rings. The number of thiazole rings is 1. The first kappa shape index (κ1) is 27.7. The number of hydrogen-bond acceptors (Lipinski definition) is 9. The zero-order valence-electron chi connectivity index (χ0n) is 23.3. The van der Waals surface area contributed by atoms with E-state index in [0.717, 1.165) is 51.2 Å². The summed E-state index contributed by atoms with van der Waals surface area (Å²) in [6, 6.07) is 11.6. The zero-order valence-corrected chi connectivity index (χ0v) is 24.9. The van der Waals surface area contributed by atoms with Crippen LogP contribution in [0, 0.1) is 0 Å². The first-order chi connectivity index (χ1) is 19.9. The summed E-state index contributed by atoms with van der Waals surface area (Å²) in [5.41, 5.74) is 2.67. The summed E-state index contributed by atoms with van der Waals surface area (Å²) < 4.78 is 25.5. The summed E-state index contributed by atoms with van der Waals surface area (Å²) in [5, 5.41) is 10.8. The van der Waals surface area contributed by atoms with Gasteiger partial charge in [0.05, 0.1) is 37.9 Å². The molecule has 0 N–H and O–H groups in total. The molecule has 2 aliphatic rings. The minimum absolute atomic E-state index is 0.278. The van der Waals surface area contributed by atoms with Crippen LogP contribution in [0.3, 0.4) is 0 Å². The number of benzene rings is 2. The van der Waals surface area contributed by atoms with Crippen molar-refractivity contribution >= 4 is 28.9 Å². The molecule has 41 heavy (non-hydrogen) atoms. The fourth-order valence-corrected chi connectivity index (χ4v) is 6.51. The number of ether oxygens (including phenoxy) is 4. The van der Waals surface area contributed by atoms with Crippen LogP contribution in [0.1, 0.15) is 82.9 Å². The van der Waals surface area contributed by atoms with Crippen LogP contribution in [0.4, 0.5) is 0 Å². The lowest BCUT2D eigenvalue weighted by Crippen LogP contribution is -2.13. The molecule has 3 atom stereocenters. The topological polar surface area (TPSA) is 97.6 Å². The van der Waals surface area contributed by atoms with Crippen LogP contribution >= 0.6 is 22.9 Å². The third-order valence-corrected chi connectivity index (χ3v) is 9.12. The minimum atomic E-state index is -0.515. The Balaban J connectivity index is 1.42. The molecule has 0 spiro atoms. The summed E-state index contributed by atoms with van der Waals surface area (Å²) in [6.07, 6.45) is 4.23. The normalized spacial score (nSPS) is 18.7. The number of halogens is 1. The first-order valence-corrected chi connectivity index (χ1v) is 14.8. The van der Waals surface area contributed by atoms with Gasteiger partial charge in [-0.1, -0.05) is 23.7 Å².